The molecule has 9 heteroatoms. The smallest absolute Gasteiger partial charge is 0.273 e. The van der Waals surface area contributed by atoms with E-state index in [-0.39, 0.29) is 35.7 Å². The van der Waals surface area contributed by atoms with Crippen molar-refractivity contribution in [2.75, 3.05) is 26.3 Å². The lowest BCUT2D eigenvalue weighted by atomic mass is 9.94. The van der Waals surface area contributed by atoms with E-state index in [2.05, 4.69) is 22.8 Å². The number of nitro groups is 1. The van der Waals surface area contributed by atoms with Gasteiger partial charge in [-0.05, 0) is 56.9 Å². The summed E-state index contributed by atoms with van der Waals surface area (Å²) in [5.41, 5.74) is 2.81. The van der Waals surface area contributed by atoms with Crippen LogP contribution in [0.15, 0.2) is 66.9 Å². The van der Waals surface area contributed by atoms with E-state index < -0.39 is 4.92 Å². The summed E-state index contributed by atoms with van der Waals surface area (Å²) in [5, 5.41) is 11.5. The number of carbonyl (C=O) groups excluding carboxylic acids is 2. The number of hydrogen-bond acceptors (Lipinski definition) is 5. The van der Waals surface area contributed by atoms with Gasteiger partial charge in [0.15, 0.2) is 0 Å². The Balaban J connectivity index is 1.57. The van der Waals surface area contributed by atoms with Gasteiger partial charge in [0, 0.05) is 61.4 Å². The lowest BCUT2D eigenvalue weighted by Crippen LogP contribution is -2.48. The lowest BCUT2D eigenvalue weighted by molar-refractivity contribution is -0.385. The maximum Gasteiger partial charge on any atom is 0.273 e. The first-order valence-corrected chi connectivity index (χ1v) is 15.0. The number of carbonyl (C=O) groups is 2. The molecule has 0 spiro atoms. The topological polar surface area (TPSA) is 97.9 Å². The van der Waals surface area contributed by atoms with Crippen LogP contribution in [-0.4, -0.2) is 63.4 Å². The fraction of sp³-hybridized carbons (Fsp3) is 0.455. The maximum absolute atomic E-state index is 14.1. The van der Waals surface area contributed by atoms with Crippen LogP contribution >= 0.6 is 0 Å². The van der Waals surface area contributed by atoms with E-state index in [0.717, 1.165) is 37.8 Å². The zero-order valence-electron chi connectivity index (χ0n) is 24.7. The molecule has 2 aromatic carbocycles. The molecule has 0 unspecified atom stereocenters. The van der Waals surface area contributed by atoms with E-state index >= 15 is 0 Å². The average molecular weight is 575 g/mol. The third-order valence-electron chi connectivity index (χ3n) is 7.97. The average Bonchev–Trinajstić information content (AvgIpc) is 3.44. The zero-order chi connectivity index (χ0) is 29.9. The molecule has 42 heavy (non-hydrogen) atoms. The SMILES string of the molecule is CCOCCCN(CC(=O)N(Cc1cccn1Cc1ccccc1)C1CCCCC1)C(=O)c1ccc(C)c([N+](=O)[O-])c1. The van der Waals surface area contributed by atoms with Crippen LogP contribution in [0.5, 0.6) is 0 Å². The van der Waals surface area contributed by atoms with Crippen molar-refractivity contribution in [1.82, 2.24) is 14.4 Å². The van der Waals surface area contributed by atoms with Crippen molar-refractivity contribution in [3.05, 3.63) is 99.4 Å². The van der Waals surface area contributed by atoms with Gasteiger partial charge in [0.25, 0.3) is 11.6 Å². The molecular weight excluding hydrogens is 532 g/mol. The van der Waals surface area contributed by atoms with Gasteiger partial charge in [0.05, 0.1) is 11.5 Å². The Morgan fingerprint density at radius 2 is 1.81 bits per heavy atom. The summed E-state index contributed by atoms with van der Waals surface area (Å²) >= 11 is 0. The van der Waals surface area contributed by atoms with E-state index in [1.807, 2.05) is 42.3 Å². The van der Waals surface area contributed by atoms with Gasteiger partial charge in [-0.25, -0.2) is 0 Å². The van der Waals surface area contributed by atoms with E-state index in [9.17, 15) is 19.7 Å². The molecule has 1 heterocycles. The van der Waals surface area contributed by atoms with Crippen molar-refractivity contribution >= 4 is 17.5 Å². The van der Waals surface area contributed by atoms with Crippen molar-refractivity contribution < 1.29 is 19.2 Å². The largest absolute Gasteiger partial charge is 0.382 e. The van der Waals surface area contributed by atoms with Gasteiger partial charge in [-0.1, -0.05) is 55.7 Å². The Bertz CT molecular complexity index is 1330. The lowest BCUT2D eigenvalue weighted by Gasteiger charge is -2.36. The predicted octanol–water partition coefficient (Wildman–Crippen LogP) is 5.98. The number of benzene rings is 2. The van der Waals surface area contributed by atoms with E-state index in [0.29, 0.717) is 44.8 Å². The Morgan fingerprint density at radius 3 is 2.52 bits per heavy atom. The first-order valence-electron chi connectivity index (χ1n) is 15.0. The molecule has 0 bridgehead atoms. The van der Waals surface area contributed by atoms with Crippen molar-refractivity contribution in [3.8, 4) is 0 Å². The minimum Gasteiger partial charge on any atom is -0.382 e. The van der Waals surface area contributed by atoms with Crippen LogP contribution in [0, 0.1) is 17.0 Å². The van der Waals surface area contributed by atoms with Crippen LogP contribution in [0.1, 0.15) is 72.6 Å². The molecule has 3 aromatic rings. The van der Waals surface area contributed by atoms with Gasteiger partial charge < -0.3 is 19.1 Å². The summed E-state index contributed by atoms with van der Waals surface area (Å²) in [6.07, 6.45) is 7.79. The van der Waals surface area contributed by atoms with Crippen molar-refractivity contribution in [1.29, 1.82) is 0 Å². The second-order valence-electron chi connectivity index (χ2n) is 11.0. The summed E-state index contributed by atoms with van der Waals surface area (Å²) < 4.78 is 7.67. The standard InChI is InChI=1S/C33H42N4O5/c1-3-42-21-11-20-35(33(39)28-18-17-26(2)31(22-28)37(40)41)25-32(38)36(29-14-8-5-9-15-29)24-30-16-10-19-34(30)23-27-12-6-4-7-13-27/h4,6-7,10,12-13,16-19,22,29H,3,5,8-9,11,14-15,20-21,23-25H2,1-2H3. The highest BCUT2D eigenvalue weighted by molar-refractivity contribution is 5.97. The second-order valence-corrected chi connectivity index (χ2v) is 11.0. The molecule has 0 atom stereocenters. The quantitative estimate of drug-likeness (QED) is 0.134. The number of hydrogen-bond donors (Lipinski definition) is 0. The number of nitrogens with zero attached hydrogens (tertiary/aromatic N) is 4. The van der Waals surface area contributed by atoms with E-state index in [4.69, 9.17) is 4.74 Å². The monoisotopic (exact) mass is 574 g/mol. The molecule has 0 radical (unpaired) electrons. The molecular formula is C33H42N4O5. The Labute approximate surface area is 248 Å². The van der Waals surface area contributed by atoms with Gasteiger partial charge in [-0.2, -0.15) is 0 Å². The van der Waals surface area contributed by atoms with Gasteiger partial charge in [0.1, 0.15) is 6.54 Å². The third kappa shape index (κ3) is 8.28. The van der Waals surface area contributed by atoms with E-state index in [1.54, 1.807) is 19.1 Å². The molecule has 1 aliphatic carbocycles. The number of amides is 2. The minimum absolute atomic E-state index is 0.0947. The number of aromatic nitrogens is 1. The van der Waals surface area contributed by atoms with Crippen molar-refractivity contribution in [2.24, 2.45) is 0 Å². The predicted molar refractivity (Wildman–Crippen MR) is 162 cm³/mol. The van der Waals surface area contributed by atoms with Crippen LogP contribution in [-0.2, 0) is 22.6 Å². The second kappa shape index (κ2) is 15.3. The first kappa shape index (κ1) is 31.0. The van der Waals surface area contributed by atoms with Crippen molar-refractivity contribution in [3.63, 3.8) is 0 Å². The molecule has 0 N–H and O–H groups in total. The molecule has 2 amide bonds. The Morgan fingerprint density at radius 1 is 1.05 bits per heavy atom. The molecule has 0 aliphatic heterocycles. The van der Waals surface area contributed by atoms with Gasteiger partial charge in [-0.3, -0.25) is 19.7 Å². The molecule has 1 aromatic heterocycles. The summed E-state index contributed by atoms with van der Waals surface area (Å²) in [5.74, 6) is -0.500. The molecule has 224 valence electrons. The highest BCUT2D eigenvalue weighted by atomic mass is 16.6. The molecule has 1 aliphatic rings. The first-order chi connectivity index (χ1) is 20.4. The molecule has 1 saturated carbocycles. The zero-order valence-corrected chi connectivity index (χ0v) is 24.7. The third-order valence-corrected chi connectivity index (χ3v) is 7.97. The highest BCUT2D eigenvalue weighted by Gasteiger charge is 2.29. The van der Waals surface area contributed by atoms with Crippen LogP contribution in [0.3, 0.4) is 0 Å². The fourth-order valence-electron chi connectivity index (χ4n) is 5.65. The summed E-state index contributed by atoms with van der Waals surface area (Å²) in [6.45, 7) is 5.97. The highest BCUT2D eigenvalue weighted by Crippen LogP contribution is 2.26. The summed E-state index contributed by atoms with van der Waals surface area (Å²) in [7, 11) is 0. The normalized spacial score (nSPS) is 13.6. The van der Waals surface area contributed by atoms with Gasteiger partial charge in [-0.15, -0.1) is 0 Å². The summed E-state index contributed by atoms with van der Waals surface area (Å²) in [4.78, 5) is 42.3. The van der Waals surface area contributed by atoms with Crippen molar-refractivity contribution in [2.45, 2.75) is 71.5 Å². The molecule has 0 saturated heterocycles. The fourth-order valence-corrected chi connectivity index (χ4v) is 5.65. The maximum atomic E-state index is 14.1. The van der Waals surface area contributed by atoms with Crippen LogP contribution < -0.4 is 0 Å². The minimum atomic E-state index is -0.480. The van der Waals surface area contributed by atoms with Crippen LogP contribution in [0.25, 0.3) is 0 Å². The van der Waals surface area contributed by atoms with E-state index in [1.165, 1.54) is 16.5 Å². The Hall–Kier alpha value is -3.98. The number of rotatable bonds is 14. The number of aryl methyl sites for hydroxylation is 1. The van der Waals surface area contributed by atoms with Gasteiger partial charge >= 0.3 is 0 Å². The molecule has 4 rings (SSSR count). The van der Waals surface area contributed by atoms with Crippen LogP contribution in [0.2, 0.25) is 0 Å². The number of nitro benzene ring substituents is 1. The van der Waals surface area contributed by atoms with Crippen LogP contribution in [0.4, 0.5) is 5.69 Å². The van der Waals surface area contributed by atoms with Gasteiger partial charge in [0.2, 0.25) is 5.91 Å². The molecule has 1 fully saturated rings. The Kier molecular flexibility index (Phi) is 11.3. The molecule has 9 nitrogen and oxygen atoms in total. The number of ether oxygens (including phenoxy) is 1. The summed E-state index contributed by atoms with van der Waals surface area (Å²) in [6, 6.07) is 18.9.